The van der Waals surface area contributed by atoms with Crippen LogP contribution in [0, 0.1) is 10.1 Å². The highest BCUT2D eigenvalue weighted by Gasteiger charge is 2.50. The predicted molar refractivity (Wildman–Crippen MR) is 152 cm³/mol. The molecule has 0 bridgehead atoms. The molecule has 1 saturated heterocycles. The van der Waals surface area contributed by atoms with E-state index in [2.05, 4.69) is 40.4 Å². The first-order chi connectivity index (χ1) is 17.5. The van der Waals surface area contributed by atoms with Gasteiger partial charge in [-0.25, -0.2) is 8.42 Å². The molecule has 1 aliphatic heterocycles. The molecule has 3 atom stereocenters. The fourth-order valence-electron chi connectivity index (χ4n) is 4.03. The average Bonchev–Trinajstić information content (AvgIpc) is 3.13. The fourth-order valence-corrected chi connectivity index (χ4v) is 6.81. The molecule has 1 aliphatic rings. The molecule has 0 spiro atoms. The summed E-state index contributed by atoms with van der Waals surface area (Å²) >= 11 is 0. The monoisotopic (exact) mass is 568 g/mol. The van der Waals surface area contributed by atoms with Crippen LogP contribution in [-0.4, -0.2) is 63.2 Å². The van der Waals surface area contributed by atoms with Crippen molar-refractivity contribution in [2.45, 2.75) is 101 Å². The van der Waals surface area contributed by atoms with Gasteiger partial charge in [0.25, 0.3) is 15.7 Å². The maximum atomic E-state index is 14.1. The lowest BCUT2D eigenvalue weighted by Gasteiger charge is -2.38. The fraction of sp³-hybridized carbons (Fsp3) is 0.630. The molecule has 11 heteroatoms. The smallest absolute Gasteiger partial charge is 0.289 e. The molecule has 38 heavy (non-hydrogen) atoms. The zero-order valence-electron chi connectivity index (χ0n) is 24.0. The van der Waals surface area contributed by atoms with Crippen molar-refractivity contribution in [1.82, 2.24) is 4.31 Å². The number of hydrogen-bond acceptors (Lipinski definition) is 7. The Balaban J connectivity index is 2.61. The van der Waals surface area contributed by atoms with Gasteiger partial charge in [0.05, 0.1) is 17.6 Å². The van der Waals surface area contributed by atoms with Crippen LogP contribution in [-0.2, 0) is 23.9 Å². The number of sulfonamides is 1. The third kappa shape index (κ3) is 7.61. The number of para-hydroxylation sites is 1. The van der Waals surface area contributed by atoms with Crippen LogP contribution in [0.5, 0.6) is 0 Å². The summed E-state index contributed by atoms with van der Waals surface area (Å²) in [5.74, 6) is -0.975. The van der Waals surface area contributed by atoms with Crippen molar-refractivity contribution in [3.8, 4) is 0 Å². The summed E-state index contributed by atoms with van der Waals surface area (Å²) in [6.45, 7) is 20.3. The molecule has 2 rings (SSSR count). The topological polar surface area (TPSA) is 108 Å². The summed E-state index contributed by atoms with van der Waals surface area (Å²) in [7, 11) is -6.46. The first-order valence-corrected chi connectivity index (χ1v) is 17.4. The first kappa shape index (κ1) is 32.3. The van der Waals surface area contributed by atoms with Crippen molar-refractivity contribution >= 4 is 24.0 Å². The molecule has 0 amide bonds. The summed E-state index contributed by atoms with van der Waals surface area (Å²) in [5.41, 5.74) is -0.476. The number of hydrogen-bond donors (Lipinski definition) is 0. The van der Waals surface area contributed by atoms with Crippen LogP contribution in [0.25, 0.3) is 0 Å². The minimum atomic E-state index is -4.32. The van der Waals surface area contributed by atoms with E-state index in [1.165, 1.54) is 28.6 Å². The van der Waals surface area contributed by atoms with E-state index in [-0.39, 0.29) is 23.1 Å². The minimum Gasteiger partial charge on any atom is -0.414 e. The van der Waals surface area contributed by atoms with Gasteiger partial charge in [-0.15, -0.1) is 6.58 Å². The van der Waals surface area contributed by atoms with E-state index < -0.39 is 53.0 Å². The maximum absolute atomic E-state index is 14.1. The normalized spacial score (nSPS) is 21.2. The second-order valence-corrected chi connectivity index (χ2v) is 18.1. The van der Waals surface area contributed by atoms with Gasteiger partial charge >= 0.3 is 0 Å². The highest BCUT2D eigenvalue weighted by molar-refractivity contribution is 7.89. The molecule has 0 aromatic heterocycles. The number of benzene rings is 1. The summed E-state index contributed by atoms with van der Waals surface area (Å²) < 4.78 is 48.5. The van der Waals surface area contributed by atoms with Crippen molar-refractivity contribution < 1.29 is 27.2 Å². The lowest BCUT2D eigenvalue weighted by atomic mass is 10.0. The van der Waals surface area contributed by atoms with Gasteiger partial charge in [-0.1, -0.05) is 58.1 Å². The van der Waals surface area contributed by atoms with Crippen LogP contribution in [0.4, 0.5) is 5.69 Å². The number of nitrogens with zero attached hydrogens (tertiary/aromatic N) is 2. The van der Waals surface area contributed by atoms with Crippen LogP contribution in [0.3, 0.4) is 0 Å². The Bertz CT molecular complexity index is 1110. The molecule has 214 valence electrons. The molecule has 0 unspecified atom stereocenters. The van der Waals surface area contributed by atoms with E-state index in [0.717, 1.165) is 0 Å². The lowest BCUT2D eigenvalue weighted by molar-refractivity contribution is -0.387. The molecule has 1 aromatic carbocycles. The SMILES string of the molecule is C=CCCN([C@@H](/C=C/CC)[C@@H]1OC(C)(C)O[C@H]1CO[Si](C)(C)C(C)(C)C)S(=O)(=O)c1ccccc1[N+](=O)[O-]. The molecular formula is C27H44N2O7SSi. The molecule has 1 heterocycles. The van der Waals surface area contributed by atoms with Crippen molar-refractivity contribution in [3.63, 3.8) is 0 Å². The highest BCUT2D eigenvalue weighted by Crippen LogP contribution is 2.39. The van der Waals surface area contributed by atoms with Gasteiger partial charge in [0.1, 0.15) is 12.2 Å². The molecule has 9 nitrogen and oxygen atoms in total. The molecule has 0 aliphatic carbocycles. The van der Waals surface area contributed by atoms with Crippen LogP contribution in [0.1, 0.15) is 54.4 Å². The third-order valence-corrected chi connectivity index (χ3v) is 13.5. The van der Waals surface area contributed by atoms with Gasteiger partial charge < -0.3 is 13.9 Å². The van der Waals surface area contributed by atoms with E-state index >= 15 is 0 Å². The third-order valence-electron chi connectivity index (χ3n) is 7.08. The van der Waals surface area contributed by atoms with Gasteiger partial charge in [-0.2, -0.15) is 4.31 Å². The molecule has 1 fully saturated rings. The van der Waals surface area contributed by atoms with Crippen LogP contribution >= 0.6 is 0 Å². The van der Waals surface area contributed by atoms with Gasteiger partial charge in [0, 0.05) is 12.6 Å². The van der Waals surface area contributed by atoms with Gasteiger partial charge in [0.2, 0.25) is 0 Å². The largest absolute Gasteiger partial charge is 0.414 e. The van der Waals surface area contributed by atoms with E-state index in [1.807, 2.05) is 13.0 Å². The van der Waals surface area contributed by atoms with E-state index in [0.29, 0.717) is 12.8 Å². The summed E-state index contributed by atoms with van der Waals surface area (Å²) in [6.07, 6.45) is 5.04. The number of allylic oxidation sites excluding steroid dienone is 1. The number of nitro groups is 1. The molecular weight excluding hydrogens is 524 g/mol. The Labute approximate surface area is 229 Å². The van der Waals surface area contributed by atoms with Gasteiger partial charge in [-0.05, 0) is 50.9 Å². The summed E-state index contributed by atoms with van der Waals surface area (Å²) in [4.78, 5) is 10.7. The van der Waals surface area contributed by atoms with Crippen LogP contribution < -0.4 is 0 Å². The average molecular weight is 569 g/mol. The van der Waals surface area contributed by atoms with Crippen LogP contribution in [0.2, 0.25) is 18.1 Å². The molecule has 1 aromatic rings. The number of ether oxygens (including phenoxy) is 2. The van der Waals surface area contributed by atoms with Gasteiger partial charge in [-0.3, -0.25) is 10.1 Å². The summed E-state index contributed by atoms with van der Waals surface area (Å²) in [6, 6.07) is 4.60. The molecule has 0 radical (unpaired) electrons. The zero-order chi connectivity index (χ0) is 28.9. The second-order valence-electron chi connectivity index (χ2n) is 11.5. The zero-order valence-corrected chi connectivity index (χ0v) is 25.8. The van der Waals surface area contributed by atoms with E-state index in [4.69, 9.17) is 13.9 Å². The number of nitro benzene ring substituents is 1. The van der Waals surface area contributed by atoms with E-state index in [9.17, 15) is 18.5 Å². The molecule has 0 N–H and O–H groups in total. The second kappa shape index (κ2) is 12.5. The summed E-state index contributed by atoms with van der Waals surface area (Å²) in [5, 5.41) is 11.7. The lowest BCUT2D eigenvalue weighted by Crippen LogP contribution is -2.52. The maximum Gasteiger partial charge on any atom is 0.289 e. The van der Waals surface area contributed by atoms with Crippen molar-refractivity contribution in [2.24, 2.45) is 0 Å². The van der Waals surface area contributed by atoms with Crippen molar-refractivity contribution in [1.29, 1.82) is 0 Å². The number of rotatable bonds is 13. The van der Waals surface area contributed by atoms with Gasteiger partial charge in [0.15, 0.2) is 19.0 Å². The standard InChI is InChI=1S/C27H44N2O7SSi/c1-10-12-16-22(25-23(35-27(6,7)36-25)20-34-38(8,9)26(3,4)5)28(19-13-11-2)37(32,33)24-18-15-14-17-21(24)29(30)31/h11-12,14-18,22-23,25H,2,10,13,19-20H2,1,3-9H3/b16-12+/t22-,23-,25-/m0/s1. The minimum absolute atomic E-state index is 0.0232. The Morgan fingerprint density at radius 3 is 2.45 bits per heavy atom. The Morgan fingerprint density at radius 1 is 1.26 bits per heavy atom. The Hall–Kier alpha value is -1.89. The highest BCUT2D eigenvalue weighted by atomic mass is 32.2. The van der Waals surface area contributed by atoms with Crippen LogP contribution in [0.15, 0.2) is 54.0 Å². The Kier molecular flexibility index (Phi) is 10.7. The van der Waals surface area contributed by atoms with Crippen molar-refractivity contribution in [3.05, 3.63) is 59.2 Å². The predicted octanol–water partition coefficient (Wildman–Crippen LogP) is 6.04. The van der Waals surface area contributed by atoms with E-state index in [1.54, 1.807) is 26.0 Å². The van der Waals surface area contributed by atoms with Crippen molar-refractivity contribution in [2.75, 3.05) is 13.2 Å². The Morgan fingerprint density at radius 2 is 1.89 bits per heavy atom. The first-order valence-electron chi connectivity index (χ1n) is 13.0. The quantitative estimate of drug-likeness (QED) is 0.124. The molecule has 0 saturated carbocycles.